The van der Waals surface area contributed by atoms with Crippen molar-refractivity contribution in [3.8, 4) is 0 Å². The van der Waals surface area contributed by atoms with Crippen molar-refractivity contribution < 1.29 is 0 Å². The number of nitrogens with two attached hydrogens (primary N) is 1. The molecule has 5 heteroatoms. The molecule has 4 nitrogen and oxygen atoms in total. The van der Waals surface area contributed by atoms with Crippen molar-refractivity contribution in [1.82, 2.24) is 14.8 Å². The van der Waals surface area contributed by atoms with E-state index >= 15 is 0 Å². The number of aromatic nitrogens is 3. The molecular formula is C8H13ClN4. The minimum atomic E-state index is -0.0665. The number of hydrogen-bond acceptors (Lipinski definition) is 3. The second-order valence-corrected chi connectivity index (χ2v) is 4.13. The van der Waals surface area contributed by atoms with Crippen LogP contribution in [0, 0.1) is 0 Å². The van der Waals surface area contributed by atoms with Crippen LogP contribution in [-0.2, 0) is 13.0 Å². The third-order valence-corrected chi connectivity index (χ3v) is 2.68. The van der Waals surface area contributed by atoms with Gasteiger partial charge in [-0.1, -0.05) is 0 Å². The van der Waals surface area contributed by atoms with Crippen LogP contribution in [0.1, 0.15) is 31.0 Å². The highest BCUT2D eigenvalue weighted by atomic mass is 35.5. The van der Waals surface area contributed by atoms with Crippen LogP contribution in [-0.4, -0.2) is 20.1 Å². The highest BCUT2D eigenvalue weighted by Crippen LogP contribution is 2.20. The summed E-state index contributed by atoms with van der Waals surface area (Å²) in [6.45, 7) is 2.70. The molecule has 0 fully saturated rings. The zero-order valence-corrected chi connectivity index (χ0v) is 8.33. The zero-order valence-electron chi connectivity index (χ0n) is 7.57. The largest absolute Gasteiger partial charge is 0.322 e. The Kier molecular flexibility index (Phi) is 2.26. The van der Waals surface area contributed by atoms with Gasteiger partial charge in [-0.3, -0.25) is 0 Å². The third kappa shape index (κ3) is 1.56. The molecule has 0 spiro atoms. The second kappa shape index (κ2) is 3.27. The maximum atomic E-state index is 6.06. The molecule has 2 unspecified atom stereocenters. The molecule has 0 amide bonds. The molecule has 13 heavy (non-hydrogen) atoms. The van der Waals surface area contributed by atoms with E-state index in [-0.39, 0.29) is 11.4 Å². The lowest BCUT2D eigenvalue weighted by atomic mass is 10.1. The molecule has 0 radical (unpaired) electrons. The molecule has 1 aromatic rings. The van der Waals surface area contributed by atoms with Crippen LogP contribution in [0.25, 0.3) is 0 Å². The van der Waals surface area contributed by atoms with Gasteiger partial charge in [0, 0.05) is 13.0 Å². The summed E-state index contributed by atoms with van der Waals surface area (Å²) in [7, 11) is 0. The molecule has 2 heterocycles. The summed E-state index contributed by atoms with van der Waals surface area (Å²) in [6.07, 6.45) is 1.90. The van der Waals surface area contributed by atoms with E-state index in [4.69, 9.17) is 17.3 Å². The molecule has 2 atom stereocenters. The van der Waals surface area contributed by atoms with E-state index in [0.717, 1.165) is 31.0 Å². The quantitative estimate of drug-likeness (QED) is 0.684. The van der Waals surface area contributed by atoms with Crippen molar-refractivity contribution in [2.75, 3.05) is 0 Å². The maximum Gasteiger partial charge on any atom is 0.149 e. The first-order valence-electron chi connectivity index (χ1n) is 4.50. The van der Waals surface area contributed by atoms with Crippen LogP contribution in [0.15, 0.2) is 0 Å². The highest BCUT2D eigenvalue weighted by molar-refractivity contribution is 6.20. The van der Waals surface area contributed by atoms with Gasteiger partial charge in [-0.2, -0.15) is 0 Å². The van der Waals surface area contributed by atoms with Gasteiger partial charge >= 0.3 is 0 Å². The molecule has 0 aromatic carbocycles. The van der Waals surface area contributed by atoms with E-state index in [1.54, 1.807) is 0 Å². The lowest BCUT2D eigenvalue weighted by molar-refractivity contribution is 0.503. The van der Waals surface area contributed by atoms with Gasteiger partial charge in [0.25, 0.3) is 0 Å². The lowest BCUT2D eigenvalue weighted by Crippen LogP contribution is -2.24. The summed E-state index contributed by atoms with van der Waals surface area (Å²) in [5.74, 6) is 1.87. The molecule has 2 rings (SSSR count). The van der Waals surface area contributed by atoms with Gasteiger partial charge in [0.15, 0.2) is 0 Å². The Balaban J connectivity index is 2.35. The predicted molar refractivity (Wildman–Crippen MR) is 50.6 cm³/mol. The minimum absolute atomic E-state index is 0.0665. The number of aryl methyl sites for hydroxylation is 1. The minimum Gasteiger partial charge on any atom is -0.322 e. The summed E-state index contributed by atoms with van der Waals surface area (Å²) in [5.41, 5.74) is 5.76. The van der Waals surface area contributed by atoms with E-state index in [1.165, 1.54) is 0 Å². The first-order valence-corrected chi connectivity index (χ1v) is 4.93. The van der Waals surface area contributed by atoms with Crippen LogP contribution in [0.5, 0.6) is 0 Å². The zero-order chi connectivity index (χ0) is 9.42. The van der Waals surface area contributed by atoms with Crippen molar-refractivity contribution in [2.24, 2.45) is 5.73 Å². The van der Waals surface area contributed by atoms with Crippen molar-refractivity contribution >= 4 is 11.6 Å². The summed E-state index contributed by atoms with van der Waals surface area (Å²) >= 11 is 6.06. The standard InChI is InChI=1S/C8H13ClN4/c1-5(10)8-12-11-7-3-2-6(9)4-13(7)8/h5-6H,2-4,10H2,1H3. The first kappa shape index (κ1) is 8.97. The van der Waals surface area contributed by atoms with E-state index in [0.29, 0.717) is 0 Å². The fraction of sp³-hybridized carbons (Fsp3) is 0.750. The van der Waals surface area contributed by atoms with Crippen LogP contribution in [0.3, 0.4) is 0 Å². The summed E-state index contributed by atoms with van der Waals surface area (Å²) in [6, 6.07) is -0.0665. The van der Waals surface area contributed by atoms with Gasteiger partial charge in [0.1, 0.15) is 11.6 Å². The van der Waals surface area contributed by atoms with E-state index in [9.17, 15) is 0 Å². The van der Waals surface area contributed by atoms with Gasteiger partial charge in [-0.25, -0.2) is 0 Å². The normalized spacial score (nSPS) is 24.1. The van der Waals surface area contributed by atoms with E-state index in [2.05, 4.69) is 10.2 Å². The molecule has 1 aliphatic heterocycles. The Morgan fingerprint density at radius 1 is 1.62 bits per heavy atom. The molecule has 1 aromatic heterocycles. The fourth-order valence-electron chi connectivity index (χ4n) is 1.64. The Hall–Kier alpha value is -0.610. The van der Waals surface area contributed by atoms with Crippen molar-refractivity contribution in [1.29, 1.82) is 0 Å². The smallest absolute Gasteiger partial charge is 0.149 e. The van der Waals surface area contributed by atoms with Gasteiger partial charge in [-0.05, 0) is 13.3 Å². The van der Waals surface area contributed by atoms with Gasteiger partial charge < -0.3 is 10.3 Å². The van der Waals surface area contributed by atoms with Crippen molar-refractivity contribution in [2.45, 2.75) is 37.7 Å². The van der Waals surface area contributed by atoms with Gasteiger partial charge in [0.2, 0.25) is 0 Å². The fourth-order valence-corrected chi connectivity index (χ4v) is 1.89. The third-order valence-electron chi connectivity index (χ3n) is 2.33. The SMILES string of the molecule is CC(N)c1nnc2n1CC(Cl)CC2. The Morgan fingerprint density at radius 2 is 2.38 bits per heavy atom. The molecule has 0 saturated heterocycles. The lowest BCUT2D eigenvalue weighted by Gasteiger charge is -2.20. The van der Waals surface area contributed by atoms with Gasteiger partial charge in [-0.15, -0.1) is 21.8 Å². The Labute approximate surface area is 82.1 Å². The first-order chi connectivity index (χ1) is 6.18. The summed E-state index contributed by atoms with van der Waals surface area (Å²) in [5, 5.41) is 8.34. The summed E-state index contributed by atoms with van der Waals surface area (Å²) in [4.78, 5) is 0. The molecule has 0 bridgehead atoms. The highest BCUT2D eigenvalue weighted by Gasteiger charge is 2.22. The number of alkyl halides is 1. The number of halogens is 1. The summed E-state index contributed by atoms with van der Waals surface area (Å²) < 4.78 is 2.05. The average molecular weight is 201 g/mol. The van der Waals surface area contributed by atoms with Crippen molar-refractivity contribution in [3.05, 3.63) is 11.6 Å². The number of hydrogen-bond donors (Lipinski definition) is 1. The molecular weight excluding hydrogens is 188 g/mol. The van der Waals surface area contributed by atoms with E-state index < -0.39 is 0 Å². The maximum absolute atomic E-state index is 6.06. The molecule has 0 saturated carbocycles. The predicted octanol–water partition coefficient (Wildman–Crippen LogP) is 0.851. The number of nitrogens with zero attached hydrogens (tertiary/aromatic N) is 3. The van der Waals surface area contributed by atoms with Crippen LogP contribution in [0.4, 0.5) is 0 Å². The second-order valence-electron chi connectivity index (χ2n) is 3.51. The molecule has 72 valence electrons. The Bertz CT molecular complexity index is 307. The van der Waals surface area contributed by atoms with Crippen LogP contribution >= 0.6 is 11.6 Å². The van der Waals surface area contributed by atoms with Crippen LogP contribution in [0.2, 0.25) is 0 Å². The average Bonchev–Trinajstić information content (AvgIpc) is 2.46. The topological polar surface area (TPSA) is 56.7 Å². The monoisotopic (exact) mass is 200 g/mol. The molecule has 2 N–H and O–H groups in total. The van der Waals surface area contributed by atoms with E-state index in [1.807, 2.05) is 11.5 Å². The molecule has 0 aliphatic carbocycles. The molecule has 1 aliphatic rings. The van der Waals surface area contributed by atoms with Crippen molar-refractivity contribution in [3.63, 3.8) is 0 Å². The van der Waals surface area contributed by atoms with Crippen LogP contribution < -0.4 is 5.73 Å². The number of fused-ring (bicyclic) bond motifs is 1. The van der Waals surface area contributed by atoms with Gasteiger partial charge in [0.05, 0.1) is 11.4 Å². The Morgan fingerprint density at radius 3 is 3.08 bits per heavy atom. The number of rotatable bonds is 1.